The Morgan fingerprint density at radius 3 is 2.39 bits per heavy atom. The predicted octanol–water partition coefficient (Wildman–Crippen LogP) is 1.53. The fraction of sp³-hybridized carbons (Fsp3) is 0.500. The van der Waals surface area contributed by atoms with Crippen molar-refractivity contribution in [3.8, 4) is 0 Å². The highest BCUT2D eigenvalue weighted by Crippen LogP contribution is 2.30. The number of anilines is 1. The molecule has 0 unspecified atom stereocenters. The van der Waals surface area contributed by atoms with Crippen molar-refractivity contribution in [1.29, 1.82) is 0 Å². The first-order valence-corrected chi connectivity index (χ1v) is 9.68. The van der Waals surface area contributed by atoms with E-state index in [2.05, 4.69) is 4.90 Å². The smallest absolute Gasteiger partial charge is 0.243 e. The first kappa shape index (κ1) is 18.3. The maximum absolute atomic E-state index is 12.5. The van der Waals surface area contributed by atoms with Crippen molar-refractivity contribution in [3.63, 3.8) is 0 Å². The van der Waals surface area contributed by atoms with Crippen molar-refractivity contribution in [2.45, 2.75) is 0 Å². The molecule has 0 bridgehead atoms. The first-order chi connectivity index (χ1) is 10.7. The zero-order valence-corrected chi connectivity index (χ0v) is 15.3. The van der Waals surface area contributed by atoms with Crippen LogP contribution in [0.2, 0.25) is 10.0 Å². The van der Waals surface area contributed by atoms with Crippen LogP contribution < -0.4 is 4.31 Å². The minimum Gasteiger partial charge on any atom is -0.339 e. The monoisotopic (exact) mass is 379 g/mol. The largest absolute Gasteiger partial charge is 0.339 e. The van der Waals surface area contributed by atoms with Gasteiger partial charge in [-0.05, 0) is 25.2 Å². The summed E-state index contributed by atoms with van der Waals surface area (Å²) < 4.78 is 25.2. The van der Waals surface area contributed by atoms with Crippen LogP contribution >= 0.6 is 23.2 Å². The van der Waals surface area contributed by atoms with Gasteiger partial charge in [0.25, 0.3) is 0 Å². The minimum absolute atomic E-state index is 0.212. The molecule has 1 aliphatic rings. The summed E-state index contributed by atoms with van der Waals surface area (Å²) in [7, 11) is -1.69. The lowest BCUT2D eigenvalue weighted by Gasteiger charge is -2.34. The molecule has 0 aliphatic carbocycles. The molecule has 1 aromatic rings. The molecule has 9 heteroatoms. The predicted molar refractivity (Wildman–Crippen MR) is 92.7 cm³/mol. The Labute approximate surface area is 146 Å². The molecule has 2 rings (SSSR count). The average molecular weight is 380 g/mol. The van der Waals surface area contributed by atoms with Crippen LogP contribution in [-0.2, 0) is 14.8 Å². The van der Waals surface area contributed by atoms with E-state index < -0.39 is 10.0 Å². The second-order valence-corrected chi connectivity index (χ2v) is 8.30. The molecular weight excluding hydrogens is 361 g/mol. The van der Waals surface area contributed by atoms with E-state index in [1.165, 1.54) is 12.1 Å². The number of carbonyl (C=O) groups is 1. The van der Waals surface area contributed by atoms with Crippen molar-refractivity contribution < 1.29 is 13.2 Å². The number of hydrogen-bond acceptors (Lipinski definition) is 4. The molecule has 0 aromatic heterocycles. The summed E-state index contributed by atoms with van der Waals surface area (Å²) in [4.78, 5) is 16.2. The fourth-order valence-corrected chi connectivity index (χ4v) is 3.63. The first-order valence-electron chi connectivity index (χ1n) is 7.07. The van der Waals surface area contributed by atoms with E-state index in [1.807, 2.05) is 7.05 Å². The van der Waals surface area contributed by atoms with Gasteiger partial charge in [0, 0.05) is 31.2 Å². The number of likely N-dealkylation sites (N-methyl/N-ethyl adjacent to an activating group) is 1. The van der Waals surface area contributed by atoms with Gasteiger partial charge in [-0.1, -0.05) is 23.2 Å². The van der Waals surface area contributed by atoms with Gasteiger partial charge in [-0.2, -0.15) is 0 Å². The quantitative estimate of drug-likeness (QED) is 0.795. The SMILES string of the molecule is CN1CCN(C(=O)CN(c2cc(Cl)ccc2Cl)S(C)(=O)=O)CC1. The molecule has 1 aliphatic heterocycles. The zero-order chi connectivity index (χ0) is 17.2. The lowest BCUT2D eigenvalue weighted by atomic mass is 10.3. The molecule has 0 spiro atoms. The van der Waals surface area contributed by atoms with E-state index in [-0.39, 0.29) is 23.2 Å². The van der Waals surface area contributed by atoms with Gasteiger partial charge >= 0.3 is 0 Å². The second kappa shape index (κ2) is 7.25. The van der Waals surface area contributed by atoms with Gasteiger partial charge in [-0.25, -0.2) is 8.42 Å². The Bertz CT molecular complexity index is 689. The second-order valence-electron chi connectivity index (χ2n) is 5.55. The number of piperazine rings is 1. The van der Waals surface area contributed by atoms with E-state index in [9.17, 15) is 13.2 Å². The topological polar surface area (TPSA) is 60.9 Å². The maximum Gasteiger partial charge on any atom is 0.243 e. The summed E-state index contributed by atoms with van der Waals surface area (Å²) in [5, 5.41) is 0.580. The van der Waals surface area contributed by atoms with Crippen LogP contribution in [0.3, 0.4) is 0 Å². The number of nitrogens with zero attached hydrogens (tertiary/aromatic N) is 3. The summed E-state index contributed by atoms with van der Waals surface area (Å²) in [6.07, 6.45) is 1.04. The van der Waals surface area contributed by atoms with Gasteiger partial charge in [-0.3, -0.25) is 9.10 Å². The number of rotatable bonds is 4. The number of hydrogen-bond donors (Lipinski definition) is 0. The molecule has 6 nitrogen and oxygen atoms in total. The molecule has 1 fully saturated rings. The van der Waals surface area contributed by atoms with E-state index in [0.29, 0.717) is 18.1 Å². The fourth-order valence-electron chi connectivity index (χ4n) is 2.34. The van der Waals surface area contributed by atoms with Crippen LogP contribution in [0.1, 0.15) is 0 Å². The average Bonchev–Trinajstić information content (AvgIpc) is 2.47. The summed E-state index contributed by atoms with van der Waals surface area (Å²) in [5.41, 5.74) is 0.212. The van der Waals surface area contributed by atoms with E-state index in [0.717, 1.165) is 23.7 Å². The number of benzene rings is 1. The lowest BCUT2D eigenvalue weighted by Crippen LogP contribution is -2.50. The van der Waals surface area contributed by atoms with E-state index >= 15 is 0 Å². The van der Waals surface area contributed by atoms with Gasteiger partial charge < -0.3 is 9.80 Å². The number of halogens is 2. The standard InChI is InChI=1S/C14H19Cl2N3O3S/c1-17-5-7-18(8-6-17)14(20)10-19(23(2,21)22)13-9-11(15)3-4-12(13)16/h3-4,9H,5-8,10H2,1-2H3. The molecule has 0 N–H and O–H groups in total. The maximum atomic E-state index is 12.5. The van der Waals surface area contributed by atoms with Crippen LogP contribution in [0.15, 0.2) is 18.2 Å². The van der Waals surface area contributed by atoms with Crippen molar-refractivity contribution in [2.24, 2.45) is 0 Å². The molecule has 128 valence electrons. The molecule has 1 aromatic carbocycles. The van der Waals surface area contributed by atoms with Crippen molar-refractivity contribution in [3.05, 3.63) is 28.2 Å². The molecule has 23 heavy (non-hydrogen) atoms. The van der Waals surface area contributed by atoms with Gasteiger partial charge in [0.05, 0.1) is 17.0 Å². The normalized spacial score (nSPS) is 16.4. The van der Waals surface area contributed by atoms with Crippen LogP contribution in [-0.4, -0.2) is 70.2 Å². The van der Waals surface area contributed by atoms with Crippen LogP contribution in [0.5, 0.6) is 0 Å². The van der Waals surface area contributed by atoms with Gasteiger partial charge in [0.2, 0.25) is 15.9 Å². The molecule has 0 radical (unpaired) electrons. The van der Waals surface area contributed by atoms with Gasteiger partial charge in [0.1, 0.15) is 6.54 Å². The molecule has 1 amide bonds. The highest BCUT2D eigenvalue weighted by Gasteiger charge is 2.27. The number of amides is 1. The summed E-state index contributed by atoms with van der Waals surface area (Å²) >= 11 is 12.0. The third kappa shape index (κ3) is 4.73. The Morgan fingerprint density at radius 2 is 1.83 bits per heavy atom. The lowest BCUT2D eigenvalue weighted by molar-refractivity contribution is -0.131. The van der Waals surface area contributed by atoms with Crippen LogP contribution in [0.25, 0.3) is 0 Å². The number of sulfonamides is 1. The van der Waals surface area contributed by atoms with E-state index in [1.54, 1.807) is 11.0 Å². The van der Waals surface area contributed by atoms with Crippen LogP contribution in [0.4, 0.5) is 5.69 Å². The summed E-state index contributed by atoms with van der Waals surface area (Å²) in [5.74, 6) is -0.250. The van der Waals surface area contributed by atoms with Crippen molar-refractivity contribution in [1.82, 2.24) is 9.80 Å². The van der Waals surface area contributed by atoms with Crippen molar-refractivity contribution >= 4 is 44.8 Å². The summed E-state index contributed by atoms with van der Waals surface area (Å²) in [6, 6.07) is 4.52. The highest BCUT2D eigenvalue weighted by atomic mass is 35.5. The number of carbonyl (C=O) groups excluding carboxylic acids is 1. The Morgan fingerprint density at radius 1 is 1.22 bits per heavy atom. The molecule has 1 saturated heterocycles. The molecular formula is C14H19Cl2N3O3S. The summed E-state index contributed by atoms with van der Waals surface area (Å²) in [6.45, 7) is 2.40. The zero-order valence-electron chi connectivity index (χ0n) is 13.0. The van der Waals surface area contributed by atoms with Crippen LogP contribution in [0, 0.1) is 0 Å². The Hall–Kier alpha value is -1.02. The van der Waals surface area contributed by atoms with Gasteiger partial charge in [-0.15, -0.1) is 0 Å². The minimum atomic E-state index is -3.67. The van der Waals surface area contributed by atoms with Gasteiger partial charge in [0.15, 0.2) is 0 Å². The highest BCUT2D eigenvalue weighted by molar-refractivity contribution is 7.92. The van der Waals surface area contributed by atoms with Crippen molar-refractivity contribution in [2.75, 3.05) is 50.3 Å². The van der Waals surface area contributed by atoms with E-state index in [4.69, 9.17) is 23.2 Å². The molecule has 0 saturated carbocycles. The Kier molecular flexibility index (Phi) is 5.78. The third-order valence-electron chi connectivity index (χ3n) is 3.71. The molecule has 1 heterocycles. The Balaban J connectivity index is 2.23. The third-order valence-corrected chi connectivity index (χ3v) is 5.39. The molecule has 0 atom stereocenters.